The van der Waals surface area contributed by atoms with E-state index in [0.717, 1.165) is 32.5 Å². The molecule has 1 aromatic carbocycles. The quantitative estimate of drug-likeness (QED) is 0.848. The smallest absolute Gasteiger partial charge is 0.225 e. The van der Waals surface area contributed by atoms with Crippen LogP contribution in [0.2, 0.25) is 0 Å². The van der Waals surface area contributed by atoms with Gasteiger partial charge in [-0.3, -0.25) is 9.69 Å². The minimum absolute atomic E-state index is 0.0487. The molecule has 2 heterocycles. The van der Waals surface area contributed by atoms with Crippen LogP contribution in [0.5, 0.6) is 0 Å². The van der Waals surface area contributed by atoms with Crippen LogP contribution in [-0.2, 0) is 11.3 Å². The highest BCUT2D eigenvalue weighted by atomic mass is 32.1. The van der Waals surface area contributed by atoms with Crippen LogP contribution in [0.15, 0.2) is 41.8 Å². The maximum absolute atomic E-state index is 12.1. The molecule has 1 fully saturated rings. The second-order valence-corrected chi connectivity index (χ2v) is 7.12. The molecule has 1 saturated heterocycles. The SMILES string of the molecule is C#CCNC(=O)C1CCCN(Cc2cccc(-c3cccs3)c2)C1. The Morgan fingerprint density at radius 3 is 3.08 bits per heavy atom. The number of hydrogen-bond donors (Lipinski definition) is 1. The van der Waals surface area contributed by atoms with Crippen LogP contribution in [0.25, 0.3) is 10.4 Å². The summed E-state index contributed by atoms with van der Waals surface area (Å²) in [5.74, 6) is 2.60. The van der Waals surface area contributed by atoms with Gasteiger partial charge in [0.25, 0.3) is 0 Å². The van der Waals surface area contributed by atoms with Gasteiger partial charge in [0.15, 0.2) is 0 Å². The summed E-state index contributed by atoms with van der Waals surface area (Å²) in [4.78, 5) is 15.8. The Bertz CT molecular complexity index is 717. The van der Waals surface area contributed by atoms with Crippen molar-refractivity contribution >= 4 is 17.2 Å². The van der Waals surface area contributed by atoms with Crippen LogP contribution < -0.4 is 5.32 Å². The zero-order valence-electron chi connectivity index (χ0n) is 13.7. The van der Waals surface area contributed by atoms with E-state index in [1.54, 1.807) is 11.3 Å². The molecule has 1 aliphatic heterocycles. The molecule has 0 spiro atoms. The van der Waals surface area contributed by atoms with Gasteiger partial charge in [-0.1, -0.05) is 30.2 Å². The van der Waals surface area contributed by atoms with Gasteiger partial charge in [0.05, 0.1) is 12.5 Å². The minimum atomic E-state index is 0.0487. The molecular formula is C20H22N2OS. The van der Waals surface area contributed by atoms with Gasteiger partial charge in [0, 0.05) is 18.0 Å². The van der Waals surface area contributed by atoms with Gasteiger partial charge in [-0.05, 0) is 48.0 Å². The number of likely N-dealkylation sites (tertiary alicyclic amines) is 1. The van der Waals surface area contributed by atoms with Gasteiger partial charge in [-0.2, -0.15) is 0 Å². The first-order valence-corrected chi connectivity index (χ1v) is 9.20. The number of carbonyl (C=O) groups is 1. The highest BCUT2D eigenvalue weighted by Gasteiger charge is 2.25. The van der Waals surface area contributed by atoms with Crippen LogP contribution in [-0.4, -0.2) is 30.4 Å². The summed E-state index contributed by atoms with van der Waals surface area (Å²) in [5, 5.41) is 4.92. The monoisotopic (exact) mass is 338 g/mol. The lowest BCUT2D eigenvalue weighted by Gasteiger charge is -2.32. The van der Waals surface area contributed by atoms with Gasteiger partial charge < -0.3 is 5.32 Å². The van der Waals surface area contributed by atoms with Gasteiger partial charge in [0.1, 0.15) is 0 Å². The molecule has 0 radical (unpaired) electrons. The van der Waals surface area contributed by atoms with E-state index in [-0.39, 0.29) is 11.8 Å². The van der Waals surface area contributed by atoms with Crippen LogP contribution in [0.4, 0.5) is 0 Å². The molecule has 4 heteroatoms. The maximum atomic E-state index is 12.1. The molecule has 0 saturated carbocycles. The summed E-state index contributed by atoms with van der Waals surface area (Å²) < 4.78 is 0. The molecule has 24 heavy (non-hydrogen) atoms. The molecule has 3 nitrogen and oxygen atoms in total. The van der Waals surface area contributed by atoms with Crippen molar-refractivity contribution in [3.63, 3.8) is 0 Å². The first-order valence-electron chi connectivity index (χ1n) is 8.32. The van der Waals surface area contributed by atoms with Crippen molar-refractivity contribution in [1.82, 2.24) is 10.2 Å². The predicted octanol–water partition coefficient (Wildman–Crippen LogP) is 3.38. The van der Waals surface area contributed by atoms with Crippen LogP contribution >= 0.6 is 11.3 Å². The van der Waals surface area contributed by atoms with Gasteiger partial charge >= 0.3 is 0 Å². The van der Waals surface area contributed by atoms with Gasteiger partial charge in [-0.15, -0.1) is 17.8 Å². The molecule has 1 amide bonds. The zero-order valence-corrected chi connectivity index (χ0v) is 14.5. The number of terminal acetylenes is 1. The number of carbonyl (C=O) groups excluding carboxylic acids is 1. The third-order valence-electron chi connectivity index (χ3n) is 4.38. The molecule has 1 unspecified atom stereocenters. The van der Waals surface area contributed by atoms with E-state index in [0.29, 0.717) is 6.54 Å². The molecule has 2 aromatic rings. The Kier molecular flexibility index (Phi) is 5.68. The number of thiophene rings is 1. The Hall–Kier alpha value is -2.09. The Morgan fingerprint density at radius 2 is 2.29 bits per heavy atom. The average molecular weight is 338 g/mol. The molecule has 1 N–H and O–H groups in total. The van der Waals surface area contributed by atoms with Crippen molar-refractivity contribution in [2.45, 2.75) is 19.4 Å². The van der Waals surface area contributed by atoms with Gasteiger partial charge in [-0.25, -0.2) is 0 Å². The second-order valence-electron chi connectivity index (χ2n) is 6.17. The van der Waals surface area contributed by atoms with E-state index in [1.165, 1.54) is 16.0 Å². The standard InChI is InChI=1S/C20H22N2OS/c1-2-10-21-20(23)18-8-4-11-22(15-18)14-16-6-3-7-17(13-16)19-9-5-12-24-19/h1,3,5-7,9,12-13,18H,4,8,10-11,14-15H2,(H,21,23). The van der Waals surface area contributed by atoms with E-state index >= 15 is 0 Å². The minimum Gasteiger partial charge on any atom is -0.345 e. The number of amides is 1. The molecule has 124 valence electrons. The number of hydrogen-bond acceptors (Lipinski definition) is 3. The summed E-state index contributed by atoms with van der Waals surface area (Å²) >= 11 is 1.76. The van der Waals surface area contributed by atoms with Crippen molar-refractivity contribution in [2.24, 2.45) is 5.92 Å². The number of nitrogens with zero attached hydrogens (tertiary/aromatic N) is 1. The highest BCUT2D eigenvalue weighted by molar-refractivity contribution is 7.13. The van der Waals surface area contributed by atoms with Crippen molar-refractivity contribution in [3.8, 4) is 22.8 Å². The van der Waals surface area contributed by atoms with E-state index in [1.807, 2.05) is 0 Å². The summed E-state index contributed by atoms with van der Waals surface area (Å²) in [5.41, 5.74) is 2.56. The molecule has 0 bridgehead atoms. The van der Waals surface area contributed by atoms with Crippen molar-refractivity contribution in [3.05, 3.63) is 47.3 Å². The number of rotatable bonds is 5. The lowest BCUT2D eigenvalue weighted by Crippen LogP contribution is -2.42. The Morgan fingerprint density at radius 1 is 1.38 bits per heavy atom. The summed E-state index contributed by atoms with van der Waals surface area (Å²) in [6, 6.07) is 12.9. The normalized spacial score (nSPS) is 18.0. The fraction of sp³-hybridized carbons (Fsp3) is 0.350. The highest BCUT2D eigenvalue weighted by Crippen LogP contribution is 2.26. The molecule has 1 atom stereocenters. The van der Waals surface area contributed by atoms with E-state index < -0.39 is 0 Å². The van der Waals surface area contributed by atoms with Crippen molar-refractivity contribution < 1.29 is 4.79 Å². The van der Waals surface area contributed by atoms with Crippen LogP contribution in [0.1, 0.15) is 18.4 Å². The number of nitrogens with one attached hydrogen (secondary N) is 1. The predicted molar refractivity (Wildman–Crippen MR) is 99.6 cm³/mol. The van der Waals surface area contributed by atoms with Gasteiger partial charge in [0.2, 0.25) is 5.91 Å². The number of piperidine rings is 1. The third kappa shape index (κ3) is 4.25. The van der Waals surface area contributed by atoms with E-state index in [4.69, 9.17) is 6.42 Å². The van der Waals surface area contributed by atoms with Crippen molar-refractivity contribution in [2.75, 3.05) is 19.6 Å². The number of benzene rings is 1. The van der Waals surface area contributed by atoms with Crippen LogP contribution in [0.3, 0.4) is 0 Å². The fourth-order valence-corrected chi connectivity index (χ4v) is 3.94. The lowest BCUT2D eigenvalue weighted by atomic mass is 9.96. The van der Waals surface area contributed by atoms with E-state index in [9.17, 15) is 4.79 Å². The molecular weight excluding hydrogens is 316 g/mol. The van der Waals surface area contributed by atoms with Crippen molar-refractivity contribution in [1.29, 1.82) is 0 Å². The summed E-state index contributed by atoms with van der Waals surface area (Å²) in [7, 11) is 0. The van der Waals surface area contributed by atoms with Crippen LogP contribution in [0, 0.1) is 18.3 Å². The largest absolute Gasteiger partial charge is 0.345 e. The summed E-state index contributed by atoms with van der Waals surface area (Å²) in [6.45, 7) is 3.05. The Labute approximate surface area is 147 Å². The molecule has 0 aliphatic carbocycles. The fourth-order valence-electron chi connectivity index (χ4n) is 3.22. The molecule has 1 aliphatic rings. The summed E-state index contributed by atoms with van der Waals surface area (Å²) in [6.07, 6.45) is 7.22. The average Bonchev–Trinajstić information content (AvgIpc) is 3.15. The third-order valence-corrected chi connectivity index (χ3v) is 5.30. The molecule has 1 aromatic heterocycles. The lowest BCUT2D eigenvalue weighted by molar-refractivity contribution is -0.126. The molecule has 3 rings (SSSR count). The maximum Gasteiger partial charge on any atom is 0.225 e. The Balaban J connectivity index is 1.62. The first kappa shape index (κ1) is 16.8. The van der Waals surface area contributed by atoms with E-state index in [2.05, 4.69) is 57.9 Å². The first-order chi connectivity index (χ1) is 11.8. The zero-order chi connectivity index (χ0) is 16.8. The second kappa shape index (κ2) is 8.14. The topological polar surface area (TPSA) is 32.3 Å².